The number of aryl methyl sites for hydroxylation is 1. The number of nitrogens with zero attached hydrogens (tertiary/aromatic N) is 2. The third-order valence-electron chi connectivity index (χ3n) is 2.12. The molecular formula is C12H13N3S2. The van der Waals surface area contributed by atoms with Crippen LogP contribution >= 0.6 is 23.1 Å². The minimum atomic E-state index is 0.825. The van der Waals surface area contributed by atoms with Gasteiger partial charge < -0.3 is 5.32 Å². The summed E-state index contributed by atoms with van der Waals surface area (Å²) in [6.45, 7) is 5.75. The Labute approximate surface area is 109 Å². The van der Waals surface area contributed by atoms with Crippen molar-refractivity contribution in [3.8, 4) is 0 Å². The molecule has 0 unspecified atom stereocenters. The minimum Gasteiger partial charge on any atom is -0.330 e. The average molecular weight is 263 g/mol. The fourth-order valence-electron chi connectivity index (χ4n) is 1.28. The predicted molar refractivity (Wildman–Crippen MR) is 75.3 cm³/mol. The molecule has 0 amide bonds. The first kappa shape index (κ1) is 12.1. The molecule has 2 rings (SSSR count). The number of nitrogens with one attached hydrogen (secondary N) is 1. The lowest BCUT2D eigenvalue weighted by Crippen LogP contribution is -1.91. The summed E-state index contributed by atoms with van der Waals surface area (Å²) < 4.78 is 0.959. The summed E-state index contributed by atoms with van der Waals surface area (Å²) in [6, 6.07) is 8.12. The molecule has 88 valence electrons. The smallest absolute Gasteiger partial charge is 0.210 e. The molecule has 0 aliphatic carbocycles. The van der Waals surface area contributed by atoms with Gasteiger partial charge in [-0.2, -0.15) is 0 Å². The van der Waals surface area contributed by atoms with E-state index >= 15 is 0 Å². The third-order valence-corrected chi connectivity index (χ3v) is 4.09. The van der Waals surface area contributed by atoms with Crippen LogP contribution in [-0.2, 0) is 0 Å². The number of aromatic nitrogens is 2. The Bertz CT molecular complexity index is 508. The molecular weight excluding hydrogens is 250 g/mol. The largest absolute Gasteiger partial charge is 0.330 e. The van der Waals surface area contributed by atoms with Crippen LogP contribution in [0.3, 0.4) is 0 Å². The van der Waals surface area contributed by atoms with Gasteiger partial charge in [0.15, 0.2) is 4.34 Å². The molecule has 17 heavy (non-hydrogen) atoms. The Hall–Kier alpha value is -1.33. The van der Waals surface area contributed by atoms with Gasteiger partial charge in [0.1, 0.15) is 0 Å². The van der Waals surface area contributed by atoms with Crippen LogP contribution in [0.2, 0.25) is 0 Å². The molecule has 5 heteroatoms. The van der Waals surface area contributed by atoms with Gasteiger partial charge in [0.25, 0.3) is 0 Å². The van der Waals surface area contributed by atoms with Crippen molar-refractivity contribution in [3.63, 3.8) is 0 Å². The van der Waals surface area contributed by atoms with Gasteiger partial charge >= 0.3 is 0 Å². The van der Waals surface area contributed by atoms with Crippen molar-refractivity contribution in [1.82, 2.24) is 10.2 Å². The van der Waals surface area contributed by atoms with E-state index in [-0.39, 0.29) is 0 Å². The quantitative estimate of drug-likeness (QED) is 0.656. The third kappa shape index (κ3) is 3.31. The topological polar surface area (TPSA) is 37.8 Å². The Kier molecular flexibility index (Phi) is 4.17. The molecule has 1 N–H and O–H groups in total. The lowest BCUT2D eigenvalue weighted by Gasteiger charge is -2.04. The average Bonchev–Trinajstić information content (AvgIpc) is 2.77. The Balaban J connectivity index is 2.06. The van der Waals surface area contributed by atoms with Crippen LogP contribution in [0.25, 0.3) is 0 Å². The van der Waals surface area contributed by atoms with Gasteiger partial charge in [-0.25, -0.2) is 0 Å². The van der Waals surface area contributed by atoms with Crippen LogP contribution in [0, 0.1) is 6.92 Å². The summed E-state index contributed by atoms with van der Waals surface area (Å²) in [5, 5.41) is 12.3. The zero-order valence-corrected chi connectivity index (χ0v) is 11.1. The molecule has 1 aromatic carbocycles. The summed E-state index contributed by atoms with van der Waals surface area (Å²) in [7, 11) is 0. The van der Waals surface area contributed by atoms with Crippen molar-refractivity contribution in [2.75, 3.05) is 11.1 Å². The molecule has 0 bridgehead atoms. The van der Waals surface area contributed by atoms with Gasteiger partial charge in [-0.05, 0) is 18.6 Å². The highest BCUT2D eigenvalue weighted by molar-refractivity contribution is 8.01. The van der Waals surface area contributed by atoms with Gasteiger partial charge in [-0.15, -0.1) is 16.8 Å². The summed E-state index contributed by atoms with van der Waals surface area (Å²) in [5.74, 6) is 0.860. The van der Waals surface area contributed by atoms with Gasteiger partial charge in [0.05, 0.1) is 0 Å². The molecule has 0 saturated heterocycles. The summed E-state index contributed by atoms with van der Waals surface area (Å²) in [6.07, 6.45) is 1.86. The van der Waals surface area contributed by atoms with Crippen LogP contribution in [0.1, 0.15) is 5.56 Å². The van der Waals surface area contributed by atoms with Crippen molar-refractivity contribution in [3.05, 3.63) is 42.5 Å². The Morgan fingerprint density at radius 3 is 3.00 bits per heavy atom. The zero-order valence-electron chi connectivity index (χ0n) is 9.51. The second-order valence-electron chi connectivity index (χ2n) is 3.41. The van der Waals surface area contributed by atoms with E-state index in [2.05, 4.69) is 35.1 Å². The molecule has 0 radical (unpaired) electrons. The lowest BCUT2D eigenvalue weighted by molar-refractivity contribution is 1.01. The van der Waals surface area contributed by atoms with Gasteiger partial charge in [0, 0.05) is 11.4 Å². The summed E-state index contributed by atoms with van der Waals surface area (Å²) in [4.78, 5) is 0. The molecule has 0 saturated carbocycles. The number of anilines is 2. The van der Waals surface area contributed by atoms with Crippen molar-refractivity contribution in [2.24, 2.45) is 0 Å². The monoisotopic (exact) mass is 263 g/mol. The fraction of sp³-hybridized carbons (Fsp3) is 0.167. The van der Waals surface area contributed by atoms with E-state index in [4.69, 9.17) is 0 Å². The maximum Gasteiger partial charge on any atom is 0.210 e. The van der Waals surface area contributed by atoms with Crippen molar-refractivity contribution < 1.29 is 0 Å². The van der Waals surface area contributed by atoms with Crippen LogP contribution < -0.4 is 5.32 Å². The van der Waals surface area contributed by atoms with Crippen LogP contribution in [0.5, 0.6) is 0 Å². The molecule has 1 aromatic heterocycles. The molecule has 3 nitrogen and oxygen atoms in total. The van der Waals surface area contributed by atoms with E-state index < -0.39 is 0 Å². The first-order valence-corrected chi connectivity index (χ1v) is 6.99. The van der Waals surface area contributed by atoms with Gasteiger partial charge in [0.2, 0.25) is 5.13 Å². The van der Waals surface area contributed by atoms with E-state index in [1.807, 2.05) is 24.3 Å². The second-order valence-corrected chi connectivity index (χ2v) is 5.66. The van der Waals surface area contributed by atoms with E-state index in [1.165, 1.54) is 5.56 Å². The highest BCUT2D eigenvalue weighted by atomic mass is 32.2. The minimum absolute atomic E-state index is 0.825. The normalized spacial score (nSPS) is 10.2. The number of benzene rings is 1. The number of thioether (sulfide) groups is 1. The molecule has 0 aliphatic rings. The van der Waals surface area contributed by atoms with Gasteiger partial charge in [-0.1, -0.05) is 47.4 Å². The van der Waals surface area contributed by atoms with E-state index in [9.17, 15) is 0 Å². The Morgan fingerprint density at radius 1 is 1.41 bits per heavy atom. The number of para-hydroxylation sites is 1. The molecule has 0 atom stereocenters. The molecule has 2 aromatic rings. The SMILES string of the molecule is C=CCSc1nnc(Nc2ccccc2C)s1. The first-order chi connectivity index (χ1) is 8.29. The van der Waals surface area contributed by atoms with Crippen molar-refractivity contribution in [1.29, 1.82) is 0 Å². The van der Waals surface area contributed by atoms with Crippen molar-refractivity contribution >= 4 is 33.9 Å². The number of hydrogen-bond donors (Lipinski definition) is 1. The highest BCUT2D eigenvalue weighted by Gasteiger charge is 2.05. The van der Waals surface area contributed by atoms with Gasteiger partial charge in [-0.3, -0.25) is 0 Å². The van der Waals surface area contributed by atoms with Crippen LogP contribution in [0.4, 0.5) is 10.8 Å². The van der Waals surface area contributed by atoms with Crippen LogP contribution in [0.15, 0.2) is 41.3 Å². The first-order valence-electron chi connectivity index (χ1n) is 5.19. The maximum absolute atomic E-state index is 4.11. The molecule has 0 aliphatic heterocycles. The molecule has 1 heterocycles. The molecule has 0 spiro atoms. The predicted octanol–water partition coefficient (Wildman–Crippen LogP) is 3.87. The fourth-order valence-corrected chi connectivity index (χ4v) is 2.80. The lowest BCUT2D eigenvalue weighted by atomic mass is 10.2. The number of rotatable bonds is 5. The summed E-state index contributed by atoms with van der Waals surface area (Å²) in [5.41, 5.74) is 2.27. The zero-order chi connectivity index (χ0) is 12.1. The van der Waals surface area contributed by atoms with E-state index in [0.29, 0.717) is 0 Å². The maximum atomic E-state index is 4.11. The van der Waals surface area contributed by atoms with Crippen molar-refractivity contribution in [2.45, 2.75) is 11.3 Å². The van der Waals surface area contributed by atoms with E-state index in [1.54, 1.807) is 23.1 Å². The van der Waals surface area contributed by atoms with Crippen LogP contribution in [-0.4, -0.2) is 16.0 Å². The van der Waals surface area contributed by atoms with E-state index in [0.717, 1.165) is 20.9 Å². The second kappa shape index (κ2) is 5.84. The Morgan fingerprint density at radius 2 is 2.24 bits per heavy atom. The summed E-state index contributed by atoms with van der Waals surface area (Å²) >= 11 is 3.20. The standard InChI is InChI=1S/C12H13N3S2/c1-3-8-16-12-15-14-11(17-12)13-10-7-5-4-6-9(10)2/h3-7H,1,8H2,2H3,(H,13,14). The number of hydrogen-bond acceptors (Lipinski definition) is 5. The molecule has 0 fully saturated rings. The highest BCUT2D eigenvalue weighted by Crippen LogP contribution is 2.28.